The van der Waals surface area contributed by atoms with Crippen molar-refractivity contribution in [3.63, 3.8) is 0 Å². The molecular formula is C10H20N2O2. The Labute approximate surface area is 85.3 Å². The third kappa shape index (κ3) is 2.69. The summed E-state index contributed by atoms with van der Waals surface area (Å²) in [6.45, 7) is 7.92. The van der Waals surface area contributed by atoms with Crippen molar-refractivity contribution in [3.8, 4) is 0 Å². The summed E-state index contributed by atoms with van der Waals surface area (Å²) < 4.78 is 0. The normalized spacial score (nSPS) is 26.4. The highest BCUT2D eigenvalue weighted by Crippen LogP contribution is 2.14. The molecule has 82 valence electrons. The van der Waals surface area contributed by atoms with E-state index in [0.717, 1.165) is 6.54 Å². The van der Waals surface area contributed by atoms with Gasteiger partial charge < -0.3 is 10.4 Å². The van der Waals surface area contributed by atoms with Crippen molar-refractivity contribution in [2.45, 2.75) is 32.9 Å². The van der Waals surface area contributed by atoms with Gasteiger partial charge in [0.05, 0.1) is 12.1 Å². The minimum Gasteiger partial charge on any atom is -0.392 e. The molecule has 1 heterocycles. The molecule has 1 amide bonds. The number of carbonyl (C=O) groups is 1. The molecule has 2 atom stereocenters. The minimum atomic E-state index is -0.373. The van der Waals surface area contributed by atoms with Crippen LogP contribution in [0.4, 0.5) is 0 Å². The predicted octanol–water partition coefficient (Wildman–Crippen LogP) is -0.176. The van der Waals surface area contributed by atoms with E-state index >= 15 is 0 Å². The maximum absolute atomic E-state index is 11.6. The van der Waals surface area contributed by atoms with Crippen LogP contribution in [0.5, 0.6) is 0 Å². The zero-order valence-corrected chi connectivity index (χ0v) is 9.16. The van der Waals surface area contributed by atoms with Crippen molar-refractivity contribution in [2.24, 2.45) is 5.92 Å². The van der Waals surface area contributed by atoms with Crippen LogP contribution < -0.4 is 5.32 Å². The van der Waals surface area contributed by atoms with Gasteiger partial charge in [0.25, 0.3) is 0 Å². The van der Waals surface area contributed by atoms with Gasteiger partial charge in [-0.05, 0) is 12.8 Å². The van der Waals surface area contributed by atoms with Crippen molar-refractivity contribution < 1.29 is 9.90 Å². The molecule has 1 aliphatic rings. The summed E-state index contributed by atoms with van der Waals surface area (Å²) >= 11 is 0. The lowest BCUT2D eigenvalue weighted by atomic mass is 9.99. The van der Waals surface area contributed by atoms with Crippen molar-refractivity contribution in [1.29, 1.82) is 0 Å². The first-order valence-electron chi connectivity index (χ1n) is 5.22. The molecule has 14 heavy (non-hydrogen) atoms. The molecule has 2 N–H and O–H groups in total. The number of aliphatic hydroxyl groups is 1. The number of piperazine rings is 1. The first-order chi connectivity index (χ1) is 6.52. The highest BCUT2D eigenvalue weighted by Gasteiger charge is 2.32. The average molecular weight is 200 g/mol. The zero-order valence-electron chi connectivity index (χ0n) is 9.16. The first-order valence-corrected chi connectivity index (χ1v) is 5.22. The fourth-order valence-corrected chi connectivity index (χ4v) is 2.00. The van der Waals surface area contributed by atoms with Crippen molar-refractivity contribution >= 4 is 5.91 Å². The van der Waals surface area contributed by atoms with Gasteiger partial charge in [0.1, 0.15) is 0 Å². The maximum atomic E-state index is 11.6. The summed E-state index contributed by atoms with van der Waals surface area (Å²) in [4.78, 5) is 13.7. The summed E-state index contributed by atoms with van der Waals surface area (Å²) in [5.74, 6) is 0.376. The number of carbonyl (C=O) groups excluding carboxylic acids is 1. The van der Waals surface area contributed by atoms with Gasteiger partial charge in [-0.1, -0.05) is 13.8 Å². The molecule has 1 rings (SSSR count). The van der Waals surface area contributed by atoms with E-state index in [9.17, 15) is 9.90 Å². The predicted molar refractivity (Wildman–Crippen MR) is 54.9 cm³/mol. The molecule has 4 nitrogen and oxygen atoms in total. The van der Waals surface area contributed by atoms with E-state index in [1.165, 1.54) is 0 Å². The number of β-amino-alcohol motifs (C(OH)–C–C–N with tert-alkyl or cyclic N) is 1. The largest absolute Gasteiger partial charge is 0.392 e. The number of hydrogen-bond donors (Lipinski definition) is 2. The molecule has 0 saturated carbocycles. The van der Waals surface area contributed by atoms with Crippen molar-refractivity contribution in [3.05, 3.63) is 0 Å². The Morgan fingerprint density at radius 2 is 2.21 bits per heavy atom. The van der Waals surface area contributed by atoms with E-state index in [-0.39, 0.29) is 24.0 Å². The number of aliphatic hydroxyl groups excluding tert-OH is 1. The van der Waals surface area contributed by atoms with Crippen LogP contribution in [-0.2, 0) is 4.79 Å². The smallest absolute Gasteiger partial charge is 0.237 e. The lowest BCUT2D eigenvalue weighted by Gasteiger charge is -2.37. The monoisotopic (exact) mass is 200 g/mol. The van der Waals surface area contributed by atoms with Gasteiger partial charge >= 0.3 is 0 Å². The molecule has 1 fully saturated rings. The van der Waals surface area contributed by atoms with Gasteiger partial charge in [-0.2, -0.15) is 0 Å². The third-order valence-electron chi connectivity index (χ3n) is 2.49. The van der Waals surface area contributed by atoms with Gasteiger partial charge in [-0.25, -0.2) is 0 Å². The Balaban J connectivity index is 2.65. The minimum absolute atomic E-state index is 0.0849. The summed E-state index contributed by atoms with van der Waals surface area (Å²) in [5, 5.41) is 12.2. The Bertz CT molecular complexity index is 204. The second kappa shape index (κ2) is 4.75. The summed E-state index contributed by atoms with van der Waals surface area (Å²) in [6, 6.07) is -0.0849. The van der Waals surface area contributed by atoms with Crippen molar-refractivity contribution in [2.75, 3.05) is 19.6 Å². The lowest BCUT2D eigenvalue weighted by molar-refractivity contribution is -0.131. The zero-order chi connectivity index (χ0) is 10.7. The van der Waals surface area contributed by atoms with E-state index < -0.39 is 0 Å². The molecule has 0 aromatic rings. The number of hydrogen-bond acceptors (Lipinski definition) is 3. The summed E-state index contributed by atoms with van der Waals surface area (Å²) in [5.41, 5.74) is 0. The fraction of sp³-hybridized carbons (Fsp3) is 0.900. The second-order valence-electron chi connectivity index (χ2n) is 4.32. The number of nitrogens with one attached hydrogen (secondary N) is 1. The summed E-state index contributed by atoms with van der Waals surface area (Å²) in [6.07, 6.45) is -0.373. The highest BCUT2D eigenvalue weighted by atomic mass is 16.3. The maximum Gasteiger partial charge on any atom is 0.237 e. The van der Waals surface area contributed by atoms with Gasteiger partial charge in [-0.3, -0.25) is 9.69 Å². The Morgan fingerprint density at radius 1 is 1.57 bits per heavy atom. The quantitative estimate of drug-likeness (QED) is 0.664. The van der Waals surface area contributed by atoms with E-state index in [1.807, 2.05) is 13.8 Å². The SMILES string of the molecule is CC(O)CN1CCNC(=O)C1C(C)C. The number of rotatable bonds is 3. The molecule has 2 unspecified atom stereocenters. The summed E-state index contributed by atoms with van der Waals surface area (Å²) in [7, 11) is 0. The number of amides is 1. The standard InChI is InChI=1S/C10H20N2O2/c1-7(2)9-10(14)11-4-5-12(9)6-8(3)13/h7-9,13H,4-6H2,1-3H3,(H,11,14). The van der Waals surface area contributed by atoms with Crippen LogP contribution in [-0.4, -0.2) is 47.7 Å². The van der Waals surface area contributed by atoms with Crippen LogP contribution in [0.1, 0.15) is 20.8 Å². The van der Waals surface area contributed by atoms with E-state index in [4.69, 9.17) is 0 Å². The van der Waals surface area contributed by atoms with Gasteiger partial charge in [0.15, 0.2) is 0 Å². The van der Waals surface area contributed by atoms with Gasteiger partial charge in [0, 0.05) is 19.6 Å². The molecule has 0 aromatic carbocycles. The molecule has 0 spiro atoms. The lowest BCUT2D eigenvalue weighted by Crippen LogP contribution is -2.58. The average Bonchev–Trinajstić information content (AvgIpc) is 2.01. The van der Waals surface area contributed by atoms with Crippen LogP contribution in [0, 0.1) is 5.92 Å². The Kier molecular flexibility index (Phi) is 3.89. The van der Waals surface area contributed by atoms with E-state index in [2.05, 4.69) is 10.2 Å². The fourth-order valence-electron chi connectivity index (χ4n) is 2.00. The topological polar surface area (TPSA) is 52.6 Å². The van der Waals surface area contributed by atoms with Crippen molar-refractivity contribution in [1.82, 2.24) is 10.2 Å². The van der Waals surface area contributed by atoms with E-state index in [0.29, 0.717) is 13.1 Å². The Hall–Kier alpha value is -0.610. The number of nitrogens with zero attached hydrogens (tertiary/aromatic N) is 1. The molecule has 0 radical (unpaired) electrons. The van der Waals surface area contributed by atoms with Crippen LogP contribution in [0.15, 0.2) is 0 Å². The molecule has 1 aliphatic heterocycles. The molecule has 0 aliphatic carbocycles. The molecule has 0 aromatic heterocycles. The van der Waals surface area contributed by atoms with Crippen LogP contribution in [0.3, 0.4) is 0 Å². The molecule has 4 heteroatoms. The van der Waals surface area contributed by atoms with Crippen LogP contribution >= 0.6 is 0 Å². The Morgan fingerprint density at radius 3 is 2.71 bits per heavy atom. The van der Waals surface area contributed by atoms with Crippen LogP contribution in [0.2, 0.25) is 0 Å². The molecular weight excluding hydrogens is 180 g/mol. The molecule has 1 saturated heterocycles. The second-order valence-corrected chi connectivity index (χ2v) is 4.32. The van der Waals surface area contributed by atoms with E-state index in [1.54, 1.807) is 6.92 Å². The third-order valence-corrected chi connectivity index (χ3v) is 2.49. The molecule has 0 bridgehead atoms. The first kappa shape index (κ1) is 11.5. The van der Waals surface area contributed by atoms with Gasteiger partial charge in [0.2, 0.25) is 5.91 Å². The van der Waals surface area contributed by atoms with Crippen LogP contribution in [0.25, 0.3) is 0 Å². The highest BCUT2D eigenvalue weighted by molar-refractivity contribution is 5.82. The van der Waals surface area contributed by atoms with Gasteiger partial charge in [-0.15, -0.1) is 0 Å².